The van der Waals surface area contributed by atoms with Gasteiger partial charge in [0.05, 0.1) is 16.9 Å². The fourth-order valence-corrected chi connectivity index (χ4v) is 4.18. The van der Waals surface area contributed by atoms with Crippen LogP contribution in [0, 0.1) is 0 Å². The summed E-state index contributed by atoms with van der Waals surface area (Å²) in [5.74, 6) is 2.63. The van der Waals surface area contributed by atoms with E-state index in [1.165, 1.54) is 4.88 Å². The first-order valence-corrected chi connectivity index (χ1v) is 9.99. The van der Waals surface area contributed by atoms with Gasteiger partial charge in [0.1, 0.15) is 12.4 Å². The molecule has 25 heavy (non-hydrogen) atoms. The van der Waals surface area contributed by atoms with E-state index in [2.05, 4.69) is 55.7 Å². The first kappa shape index (κ1) is 18.3. The van der Waals surface area contributed by atoms with Crippen LogP contribution in [0.15, 0.2) is 20.9 Å². The van der Waals surface area contributed by atoms with Gasteiger partial charge in [-0.1, -0.05) is 0 Å². The summed E-state index contributed by atoms with van der Waals surface area (Å²) in [5, 5.41) is 11.4. The smallest absolute Gasteiger partial charge is 0.191 e. The zero-order valence-corrected chi connectivity index (χ0v) is 16.9. The number of hydrogen-bond acceptors (Lipinski definition) is 5. The van der Waals surface area contributed by atoms with Crippen LogP contribution in [0.2, 0.25) is 0 Å². The van der Waals surface area contributed by atoms with Crippen molar-refractivity contribution in [1.82, 2.24) is 25.4 Å². The van der Waals surface area contributed by atoms with Crippen LogP contribution in [0.5, 0.6) is 0 Å². The van der Waals surface area contributed by atoms with Crippen LogP contribution < -0.4 is 10.6 Å². The van der Waals surface area contributed by atoms with Gasteiger partial charge < -0.3 is 15.4 Å². The summed E-state index contributed by atoms with van der Waals surface area (Å²) < 4.78 is 8.23. The second-order valence-electron chi connectivity index (χ2n) is 5.84. The summed E-state index contributed by atoms with van der Waals surface area (Å²) in [4.78, 5) is 10.5. The van der Waals surface area contributed by atoms with E-state index in [0.29, 0.717) is 13.2 Å². The van der Waals surface area contributed by atoms with Crippen molar-refractivity contribution in [2.45, 2.75) is 45.5 Å². The molecule has 0 amide bonds. The van der Waals surface area contributed by atoms with Crippen LogP contribution in [-0.4, -0.2) is 40.4 Å². The van der Waals surface area contributed by atoms with Crippen LogP contribution >= 0.6 is 27.3 Å². The zero-order chi connectivity index (χ0) is 17.6. The average Bonchev–Trinajstić information content (AvgIpc) is 3.18. The van der Waals surface area contributed by atoms with E-state index >= 15 is 0 Å². The van der Waals surface area contributed by atoms with Crippen LogP contribution in [0.25, 0.3) is 0 Å². The first-order valence-electron chi connectivity index (χ1n) is 8.38. The summed E-state index contributed by atoms with van der Waals surface area (Å²) in [7, 11) is 1.66. The second kappa shape index (κ2) is 8.77. The van der Waals surface area contributed by atoms with Crippen LogP contribution in [0.3, 0.4) is 0 Å². The number of fused-ring (bicyclic) bond motifs is 1. The van der Waals surface area contributed by atoms with Gasteiger partial charge >= 0.3 is 0 Å². The number of aryl methyl sites for hydroxylation is 1. The first-order chi connectivity index (χ1) is 12.2. The second-order valence-corrected chi connectivity index (χ2v) is 8.39. The Bertz CT molecular complexity index is 728. The standard InChI is InChI=1S/C16H23BrN6OS/c1-3-18-16(19-8-12-5-6-13(17)25-12)20-11-4-7-15-21-14(10-24-2)22-23(15)9-11/h5-6,11H,3-4,7-10H2,1-2H3,(H2,18,19,20). The molecular weight excluding hydrogens is 404 g/mol. The fraction of sp³-hybridized carbons (Fsp3) is 0.562. The number of thiophene rings is 1. The molecule has 7 nitrogen and oxygen atoms in total. The largest absolute Gasteiger partial charge is 0.377 e. The lowest BCUT2D eigenvalue weighted by molar-refractivity contribution is 0.177. The van der Waals surface area contributed by atoms with Gasteiger partial charge in [0, 0.05) is 31.0 Å². The molecule has 0 bridgehead atoms. The van der Waals surface area contributed by atoms with Crippen molar-refractivity contribution < 1.29 is 4.74 Å². The summed E-state index contributed by atoms with van der Waals surface area (Å²) in [6, 6.07) is 4.44. The number of methoxy groups -OCH3 is 1. The lowest BCUT2D eigenvalue weighted by Crippen LogP contribution is -2.47. The summed E-state index contributed by atoms with van der Waals surface area (Å²) in [5.41, 5.74) is 0. The third kappa shape index (κ3) is 5.02. The molecule has 2 aromatic rings. The van der Waals surface area contributed by atoms with E-state index in [1.54, 1.807) is 18.4 Å². The van der Waals surface area contributed by atoms with Gasteiger partial charge in [-0.05, 0) is 41.4 Å². The molecule has 9 heteroatoms. The number of guanidine groups is 1. The Morgan fingerprint density at radius 3 is 3.12 bits per heavy atom. The van der Waals surface area contributed by atoms with Crippen LogP contribution in [0.4, 0.5) is 0 Å². The number of ether oxygens (including phenoxy) is 1. The topological polar surface area (TPSA) is 76.4 Å². The molecule has 0 aliphatic carbocycles. The van der Waals surface area contributed by atoms with Crippen molar-refractivity contribution in [3.63, 3.8) is 0 Å². The molecular formula is C16H23BrN6OS. The Balaban J connectivity index is 1.61. The number of nitrogens with zero attached hydrogens (tertiary/aromatic N) is 4. The van der Waals surface area contributed by atoms with E-state index in [9.17, 15) is 0 Å². The maximum Gasteiger partial charge on any atom is 0.191 e. The highest BCUT2D eigenvalue weighted by Gasteiger charge is 2.22. The molecule has 0 spiro atoms. The monoisotopic (exact) mass is 426 g/mol. The molecule has 1 unspecified atom stereocenters. The predicted molar refractivity (Wildman–Crippen MR) is 103 cm³/mol. The van der Waals surface area contributed by atoms with Gasteiger partial charge in [-0.15, -0.1) is 11.3 Å². The van der Waals surface area contributed by atoms with E-state index in [1.807, 2.05) is 4.68 Å². The third-order valence-corrected chi connectivity index (χ3v) is 5.49. The average molecular weight is 427 g/mol. The molecule has 1 atom stereocenters. The van der Waals surface area contributed by atoms with Crippen LogP contribution in [-0.2, 0) is 30.9 Å². The molecule has 0 aromatic carbocycles. The number of hydrogen-bond donors (Lipinski definition) is 2. The van der Waals surface area contributed by atoms with Crippen molar-refractivity contribution in [3.8, 4) is 0 Å². The third-order valence-electron chi connectivity index (χ3n) is 3.88. The molecule has 2 aromatic heterocycles. The van der Waals surface area contributed by atoms with Crippen molar-refractivity contribution >= 4 is 33.2 Å². The number of rotatable bonds is 6. The zero-order valence-electron chi connectivity index (χ0n) is 14.5. The quantitative estimate of drug-likeness (QED) is 0.547. The lowest BCUT2D eigenvalue weighted by Gasteiger charge is -2.25. The Morgan fingerprint density at radius 2 is 2.40 bits per heavy atom. The highest BCUT2D eigenvalue weighted by atomic mass is 79.9. The van der Waals surface area contributed by atoms with E-state index in [4.69, 9.17) is 9.73 Å². The van der Waals surface area contributed by atoms with E-state index in [0.717, 1.165) is 47.3 Å². The molecule has 0 saturated heterocycles. The highest BCUT2D eigenvalue weighted by Crippen LogP contribution is 2.22. The van der Waals surface area contributed by atoms with Crippen molar-refractivity contribution in [3.05, 3.63) is 32.4 Å². The minimum atomic E-state index is 0.289. The number of aromatic nitrogens is 3. The Hall–Kier alpha value is -1.45. The molecule has 3 heterocycles. The van der Waals surface area contributed by atoms with Crippen LogP contribution in [0.1, 0.15) is 29.9 Å². The molecule has 1 aliphatic heterocycles. The van der Waals surface area contributed by atoms with E-state index < -0.39 is 0 Å². The minimum Gasteiger partial charge on any atom is -0.377 e. The summed E-state index contributed by atoms with van der Waals surface area (Å²) in [6.45, 7) is 4.83. The van der Waals surface area contributed by atoms with Gasteiger partial charge in [-0.2, -0.15) is 5.10 Å². The van der Waals surface area contributed by atoms with E-state index in [-0.39, 0.29) is 6.04 Å². The lowest BCUT2D eigenvalue weighted by atomic mass is 10.1. The Kier molecular flexibility index (Phi) is 6.44. The maximum atomic E-state index is 5.12. The van der Waals surface area contributed by atoms with Gasteiger partial charge in [0.25, 0.3) is 0 Å². The Morgan fingerprint density at radius 1 is 1.52 bits per heavy atom. The SMILES string of the molecule is CCNC(=NCc1ccc(Br)s1)NC1CCc2nc(COC)nn2C1. The van der Waals surface area contributed by atoms with Gasteiger partial charge in [-0.3, -0.25) is 0 Å². The Labute approximate surface area is 160 Å². The normalized spacial score (nSPS) is 17.4. The molecule has 136 valence electrons. The number of nitrogens with one attached hydrogen (secondary N) is 2. The highest BCUT2D eigenvalue weighted by molar-refractivity contribution is 9.11. The maximum absolute atomic E-state index is 5.12. The van der Waals surface area contributed by atoms with Crippen molar-refractivity contribution in [1.29, 1.82) is 0 Å². The van der Waals surface area contributed by atoms with Gasteiger partial charge in [0.2, 0.25) is 0 Å². The molecule has 0 saturated carbocycles. The van der Waals surface area contributed by atoms with Gasteiger partial charge in [-0.25, -0.2) is 14.7 Å². The molecule has 0 radical (unpaired) electrons. The van der Waals surface area contributed by atoms with Crippen molar-refractivity contribution in [2.24, 2.45) is 4.99 Å². The molecule has 2 N–H and O–H groups in total. The summed E-state index contributed by atoms with van der Waals surface area (Å²) in [6.07, 6.45) is 1.92. The molecule has 3 rings (SSSR count). The predicted octanol–water partition coefficient (Wildman–Crippen LogP) is 2.32. The van der Waals surface area contributed by atoms with Gasteiger partial charge in [0.15, 0.2) is 11.8 Å². The minimum absolute atomic E-state index is 0.289. The molecule has 0 fully saturated rings. The molecule has 1 aliphatic rings. The van der Waals surface area contributed by atoms with Crippen molar-refractivity contribution in [2.75, 3.05) is 13.7 Å². The fourth-order valence-electron chi connectivity index (χ4n) is 2.78. The summed E-state index contributed by atoms with van der Waals surface area (Å²) >= 11 is 5.20. The number of halogens is 1. The number of aliphatic imine (C=N–C) groups is 1.